The molecule has 2 aliphatic rings. The van der Waals surface area contributed by atoms with E-state index in [4.69, 9.17) is 28.4 Å². The quantitative estimate of drug-likeness (QED) is 0.214. The Morgan fingerprint density at radius 3 is 2.09 bits per heavy atom. The molecule has 2 aliphatic heterocycles. The predicted molar refractivity (Wildman–Crippen MR) is 143 cm³/mol. The molecule has 2 saturated heterocycles. The van der Waals surface area contributed by atoms with E-state index in [1.54, 1.807) is 27.9 Å². The lowest BCUT2D eigenvalue weighted by molar-refractivity contribution is -0.778. The average molecular weight is 674 g/mol. The van der Waals surface area contributed by atoms with Gasteiger partial charge in [-0.1, -0.05) is 0 Å². The van der Waals surface area contributed by atoms with Gasteiger partial charge in [-0.2, -0.15) is 4.57 Å². The van der Waals surface area contributed by atoms with E-state index in [-0.39, 0.29) is 29.6 Å². The molecule has 0 aromatic carbocycles. The summed E-state index contributed by atoms with van der Waals surface area (Å²) in [5, 5.41) is 0. The van der Waals surface area contributed by atoms with E-state index >= 15 is 0 Å². The molecule has 0 aliphatic carbocycles. The first-order chi connectivity index (χ1) is 19.7. The van der Waals surface area contributed by atoms with Gasteiger partial charge >= 0.3 is 36.2 Å². The molecule has 43 heavy (non-hydrogen) atoms. The molecule has 6 unspecified atom stereocenters. The number of hydrogen-bond donors (Lipinski definition) is 0. The topological polar surface area (TPSA) is 148 Å². The first-order valence-corrected chi connectivity index (χ1v) is 14.0. The van der Waals surface area contributed by atoms with Gasteiger partial charge in [0.2, 0.25) is 6.10 Å². The molecule has 2 fully saturated rings. The van der Waals surface area contributed by atoms with Gasteiger partial charge in [0.15, 0.2) is 24.6 Å². The highest BCUT2D eigenvalue weighted by Crippen LogP contribution is 2.34. The molecule has 3 heterocycles. The summed E-state index contributed by atoms with van der Waals surface area (Å²) in [4.78, 5) is 62.8. The first-order valence-electron chi connectivity index (χ1n) is 14.0. The molecule has 13 nitrogen and oxygen atoms in total. The standard InChI is InChI=1S/C29H41N2O11.BrH/c1-17(32)37-16-23-24(38-18(2)33)25(39-19(3)34)26(40-20(4)35)27(41-23)30-13-10-11-21(15-30)22-12-8-9-14-31(22)28(36)42-29(5,6)7;/h10-11,13,15,22-27H,8-9,12,14,16H2,1-7H3;1H/q+1;/p-1. The van der Waals surface area contributed by atoms with Crippen molar-refractivity contribution in [1.29, 1.82) is 0 Å². The van der Waals surface area contributed by atoms with E-state index in [0.29, 0.717) is 13.0 Å². The number of ether oxygens (including phenoxy) is 6. The SMILES string of the molecule is CC(=O)OCC1OC([n+]2cccc(C3CCCCN3C(=O)OC(C)(C)C)c2)C(OC(C)=O)C(OC(C)=O)C1OC(C)=O.[Br-]. The van der Waals surface area contributed by atoms with Crippen molar-refractivity contribution in [3.05, 3.63) is 30.1 Å². The Morgan fingerprint density at radius 1 is 0.907 bits per heavy atom. The fourth-order valence-corrected chi connectivity index (χ4v) is 5.13. The van der Waals surface area contributed by atoms with Crippen LogP contribution >= 0.6 is 0 Å². The van der Waals surface area contributed by atoms with E-state index in [1.807, 2.05) is 26.8 Å². The molecule has 0 spiro atoms. The minimum absolute atomic E-state index is 0. The third kappa shape index (κ3) is 10.2. The number of piperidine rings is 1. The van der Waals surface area contributed by atoms with Crippen LogP contribution in [0.15, 0.2) is 24.5 Å². The van der Waals surface area contributed by atoms with Crippen LogP contribution in [0.3, 0.4) is 0 Å². The number of rotatable bonds is 7. The normalized spacial score (nSPS) is 25.4. The number of nitrogens with zero attached hydrogens (tertiary/aromatic N) is 2. The molecule has 240 valence electrons. The summed E-state index contributed by atoms with van der Waals surface area (Å²) in [6, 6.07) is 3.33. The third-order valence-electron chi connectivity index (χ3n) is 6.62. The Labute approximate surface area is 261 Å². The summed E-state index contributed by atoms with van der Waals surface area (Å²) in [7, 11) is 0. The summed E-state index contributed by atoms with van der Waals surface area (Å²) in [6.45, 7) is 10.4. The fraction of sp³-hybridized carbons (Fsp3) is 0.655. The van der Waals surface area contributed by atoms with Gasteiger partial charge < -0.3 is 50.3 Å². The zero-order valence-electron chi connectivity index (χ0n) is 25.6. The van der Waals surface area contributed by atoms with Gasteiger partial charge in [0.05, 0.1) is 6.04 Å². The van der Waals surface area contributed by atoms with Crippen molar-refractivity contribution in [3.63, 3.8) is 0 Å². The Bertz CT molecular complexity index is 1170. The van der Waals surface area contributed by atoms with E-state index in [2.05, 4.69) is 0 Å². The Hall–Kier alpha value is -3.26. The van der Waals surface area contributed by atoms with E-state index in [0.717, 1.165) is 18.4 Å². The molecule has 1 aromatic heterocycles. The molecule has 0 radical (unpaired) electrons. The smallest absolute Gasteiger partial charge is 0.410 e. The maximum absolute atomic E-state index is 13.1. The van der Waals surface area contributed by atoms with Crippen molar-refractivity contribution in [2.45, 2.75) is 110 Å². The number of esters is 4. The van der Waals surface area contributed by atoms with Crippen LogP contribution in [0, 0.1) is 0 Å². The highest BCUT2D eigenvalue weighted by Gasteiger charge is 2.56. The van der Waals surface area contributed by atoms with Crippen LogP contribution in [-0.4, -0.2) is 78.0 Å². The summed E-state index contributed by atoms with van der Waals surface area (Å²) in [5.41, 5.74) is 0.111. The van der Waals surface area contributed by atoms with E-state index in [1.165, 1.54) is 27.7 Å². The highest BCUT2D eigenvalue weighted by atomic mass is 79.9. The highest BCUT2D eigenvalue weighted by molar-refractivity contribution is 5.69. The maximum Gasteiger partial charge on any atom is 0.410 e. The number of pyridine rings is 1. The molecule has 0 bridgehead atoms. The summed E-state index contributed by atoms with van der Waals surface area (Å²) < 4.78 is 35.4. The van der Waals surface area contributed by atoms with Crippen LogP contribution < -0.4 is 21.5 Å². The van der Waals surface area contributed by atoms with Gasteiger partial charge in [-0.15, -0.1) is 0 Å². The minimum Gasteiger partial charge on any atom is -1.00 e. The Balaban J connectivity index is 0.00000645. The largest absolute Gasteiger partial charge is 1.00 e. The van der Waals surface area contributed by atoms with Crippen molar-refractivity contribution in [2.24, 2.45) is 0 Å². The summed E-state index contributed by atoms with van der Waals surface area (Å²) in [5.74, 6) is -2.71. The molecular formula is C29H41BrN2O11. The van der Waals surface area contributed by atoms with Crippen molar-refractivity contribution in [2.75, 3.05) is 13.2 Å². The monoisotopic (exact) mass is 672 g/mol. The average Bonchev–Trinajstić information content (AvgIpc) is 2.88. The van der Waals surface area contributed by atoms with E-state index in [9.17, 15) is 24.0 Å². The molecule has 1 amide bonds. The number of aromatic nitrogens is 1. The Morgan fingerprint density at radius 2 is 1.51 bits per heavy atom. The number of carbonyl (C=O) groups excluding carboxylic acids is 5. The van der Waals surface area contributed by atoms with Crippen molar-refractivity contribution in [3.8, 4) is 0 Å². The minimum atomic E-state index is -1.29. The number of amides is 1. The van der Waals surface area contributed by atoms with Crippen molar-refractivity contribution >= 4 is 30.0 Å². The number of halogens is 1. The van der Waals surface area contributed by atoms with Crippen LogP contribution in [-0.2, 0) is 47.6 Å². The summed E-state index contributed by atoms with van der Waals surface area (Å²) >= 11 is 0. The van der Waals surface area contributed by atoms with Crippen LogP contribution in [0.2, 0.25) is 0 Å². The molecule has 3 rings (SSSR count). The maximum atomic E-state index is 13.1. The van der Waals surface area contributed by atoms with Gasteiger partial charge in [0.1, 0.15) is 18.3 Å². The first kappa shape index (κ1) is 35.9. The third-order valence-corrected chi connectivity index (χ3v) is 6.62. The zero-order chi connectivity index (χ0) is 31.2. The molecular weight excluding hydrogens is 632 g/mol. The van der Waals surface area contributed by atoms with Gasteiger partial charge in [-0.05, 0) is 46.1 Å². The van der Waals surface area contributed by atoms with Crippen LogP contribution in [0.1, 0.15) is 85.6 Å². The fourth-order valence-electron chi connectivity index (χ4n) is 5.13. The van der Waals surface area contributed by atoms with Crippen LogP contribution in [0.4, 0.5) is 4.79 Å². The van der Waals surface area contributed by atoms with Gasteiger partial charge in [-0.25, -0.2) is 4.79 Å². The number of likely N-dealkylation sites (tertiary alicyclic amines) is 1. The molecule has 14 heteroatoms. The molecule has 6 atom stereocenters. The second kappa shape index (κ2) is 15.5. The lowest BCUT2D eigenvalue weighted by Gasteiger charge is -2.42. The zero-order valence-corrected chi connectivity index (χ0v) is 27.2. The van der Waals surface area contributed by atoms with Crippen LogP contribution in [0.25, 0.3) is 0 Å². The lowest BCUT2D eigenvalue weighted by Crippen LogP contribution is -3.00. The van der Waals surface area contributed by atoms with Gasteiger partial charge in [0, 0.05) is 45.9 Å². The van der Waals surface area contributed by atoms with Crippen molar-refractivity contribution < 1.29 is 73.9 Å². The second-order valence-electron chi connectivity index (χ2n) is 11.4. The molecule has 1 aromatic rings. The molecule has 0 saturated carbocycles. The van der Waals surface area contributed by atoms with Crippen molar-refractivity contribution in [1.82, 2.24) is 4.90 Å². The van der Waals surface area contributed by atoms with E-state index < -0.39 is 66.2 Å². The number of carbonyl (C=O) groups is 5. The van der Waals surface area contributed by atoms with Gasteiger partial charge in [0.25, 0.3) is 0 Å². The molecule has 0 N–H and O–H groups in total. The lowest BCUT2D eigenvalue weighted by atomic mass is 9.95. The number of hydrogen-bond acceptors (Lipinski definition) is 11. The van der Waals surface area contributed by atoms with Gasteiger partial charge in [-0.3, -0.25) is 19.2 Å². The van der Waals surface area contributed by atoms with Crippen LogP contribution in [0.5, 0.6) is 0 Å². The second-order valence-corrected chi connectivity index (χ2v) is 11.4. The summed E-state index contributed by atoms with van der Waals surface area (Å²) in [6.07, 6.45) is -0.531. The Kier molecular flexibility index (Phi) is 12.9. The predicted octanol–water partition coefficient (Wildman–Crippen LogP) is -0.304.